The van der Waals surface area contributed by atoms with E-state index >= 15 is 0 Å². The number of piperidine rings is 2. The molecule has 4 aliphatic rings. The number of amides is 1. The van der Waals surface area contributed by atoms with Gasteiger partial charge in [0.2, 0.25) is 5.95 Å². The van der Waals surface area contributed by atoms with Gasteiger partial charge in [0, 0.05) is 36.4 Å². The van der Waals surface area contributed by atoms with Crippen LogP contribution < -0.4 is 15.5 Å². The Morgan fingerprint density at radius 1 is 1.20 bits per heavy atom. The van der Waals surface area contributed by atoms with Gasteiger partial charge in [-0.05, 0) is 55.7 Å². The molecule has 1 amide bonds. The quantitative estimate of drug-likeness (QED) is 0.646. The van der Waals surface area contributed by atoms with Crippen LogP contribution in [0.15, 0.2) is 24.4 Å². The number of carbonyl (C=O) groups is 1. The molecule has 3 heterocycles. The molecule has 2 aliphatic heterocycles. The van der Waals surface area contributed by atoms with E-state index in [9.17, 15) is 9.90 Å². The van der Waals surface area contributed by atoms with Gasteiger partial charge < -0.3 is 20.6 Å². The molecule has 0 radical (unpaired) electrons. The number of hydrogen-bond donors (Lipinski definition) is 3. The lowest BCUT2D eigenvalue weighted by molar-refractivity contribution is 0.0636. The van der Waals surface area contributed by atoms with E-state index in [1.807, 2.05) is 6.07 Å². The Balaban J connectivity index is 1.23. The van der Waals surface area contributed by atoms with E-state index in [1.54, 1.807) is 6.20 Å². The summed E-state index contributed by atoms with van der Waals surface area (Å²) in [4.78, 5) is 24.0. The van der Waals surface area contributed by atoms with Crippen molar-refractivity contribution >= 4 is 40.9 Å². The van der Waals surface area contributed by atoms with Gasteiger partial charge in [0.25, 0.3) is 5.91 Å². The van der Waals surface area contributed by atoms with Crippen LogP contribution in [-0.2, 0) is 0 Å². The van der Waals surface area contributed by atoms with E-state index < -0.39 is 0 Å². The summed E-state index contributed by atoms with van der Waals surface area (Å²) < 4.78 is 0. The average Bonchev–Trinajstić information content (AvgIpc) is 2.71. The Bertz CT molecular complexity index is 972. The number of halogens is 2. The summed E-state index contributed by atoms with van der Waals surface area (Å²) in [7, 11) is 0. The molecule has 4 fully saturated rings. The first-order valence-corrected chi connectivity index (χ1v) is 11.1. The standard InChI is InChI=1S/C21H23Cl2N5O2/c22-13-7-15(19(29)16(23)8-13)20(30)27-18-11-6-12(18)10-28(9-11)21-24-5-4-17(26-21)25-14-2-1-3-14/h4-5,7-8,11-12,14,18,29H,1-3,6,9-10H2,(H,27,30)(H,24,25,26). The molecule has 0 spiro atoms. The number of aromatic nitrogens is 2. The minimum absolute atomic E-state index is 0.0576. The molecule has 3 N–H and O–H groups in total. The third kappa shape index (κ3) is 3.65. The van der Waals surface area contributed by atoms with E-state index in [4.69, 9.17) is 28.2 Å². The SMILES string of the molecule is O=C(NC1C2CC1CN(c1nccc(NC3CCC3)n1)C2)c1cc(Cl)cc(Cl)c1O. The number of benzene rings is 1. The highest BCUT2D eigenvalue weighted by molar-refractivity contribution is 6.36. The number of anilines is 2. The Hall–Kier alpha value is -2.25. The Morgan fingerprint density at radius 2 is 1.97 bits per heavy atom. The van der Waals surface area contributed by atoms with Crippen LogP contribution in [0.1, 0.15) is 36.0 Å². The van der Waals surface area contributed by atoms with Crippen LogP contribution in [0, 0.1) is 11.8 Å². The Kier molecular flexibility index (Phi) is 5.11. The van der Waals surface area contributed by atoms with E-state index in [0.29, 0.717) is 22.9 Å². The van der Waals surface area contributed by atoms with Crippen molar-refractivity contribution in [1.82, 2.24) is 15.3 Å². The molecule has 2 saturated carbocycles. The van der Waals surface area contributed by atoms with Crippen molar-refractivity contribution in [3.8, 4) is 5.75 Å². The predicted octanol–water partition coefficient (Wildman–Crippen LogP) is 3.71. The van der Waals surface area contributed by atoms with Crippen LogP contribution in [0.5, 0.6) is 5.75 Å². The summed E-state index contributed by atoms with van der Waals surface area (Å²) in [5, 5.41) is 17.0. The number of nitrogens with one attached hydrogen (secondary N) is 2. The minimum Gasteiger partial charge on any atom is -0.506 e. The molecule has 2 aliphatic carbocycles. The van der Waals surface area contributed by atoms with E-state index in [0.717, 1.165) is 31.3 Å². The van der Waals surface area contributed by atoms with Crippen LogP contribution in [-0.4, -0.2) is 46.2 Å². The summed E-state index contributed by atoms with van der Waals surface area (Å²) in [6, 6.07) is 5.35. The van der Waals surface area contributed by atoms with E-state index in [-0.39, 0.29) is 28.3 Å². The number of carbonyl (C=O) groups excluding carboxylic acids is 1. The molecule has 30 heavy (non-hydrogen) atoms. The van der Waals surface area contributed by atoms with Crippen molar-refractivity contribution < 1.29 is 9.90 Å². The summed E-state index contributed by atoms with van der Waals surface area (Å²) in [5.74, 6) is 1.65. The van der Waals surface area contributed by atoms with Gasteiger partial charge in [-0.1, -0.05) is 23.2 Å². The van der Waals surface area contributed by atoms with Gasteiger partial charge >= 0.3 is 0 Å². The molecule has 1 aromatic carbocycles. The first-order chi connectivity index (χ1) is 14.5. The zero-order valence-electron chi connectivity index (χ0n) is 16.3. The Morgan fingerprint density at radius 3 is 2.67 bits per heavy atom. The Labute approximate surface area is 184 Å². The molecular formula is C21H23Cl2N5O2. The van der Waals surface area contributed by atoms with Gasteiger partial charge in [0.15, 0.2) is 0 Å². The molecule has 6 rings (SSSR count). The lowest BCUT2D eigenvalue weighted by atomic mass is 9.66. The molecule has 2 unspecified atom stereocenters. The van der Waals surface area contributed by atoms with Crippen molar-refractivity contribution in [3.05, 3.63) is 40.0 Å². The van der Waals surface area contributed by atoms with Gasteiger partial charge in [-0.3, -0.25) is 4.79 Å². The zero-order chi connectivity index (χ0) is 20.8. The first-order valence-electron chi connectivity index (χ1n) is 10.3. The summed E-state index contributed by atoms with van der Waals surface area (Å²) in [6.07, 6.45) is 6.53. The van der Waals surface area contributed by atoms with Gasteiger partial charge in [-0.15, -0.1) is 0 Å². The summed E-state index contributed by atoms with van der Waals surface area (Å²) >= 11 is 11.9. The van der Waals surface area contributed by atoms with Crippen LogP contribution in [0.4, 0.5) is 11.8 Å². The first kappa shape index (κ1) is 19.7. The maximum Gasteiger partial charge on any atom is 0.255 e. The van der Waals surface area contributed by atoms with Gasteiger partial charge in [0.05, 0.1) is 10.6 Å². The lowest BCUT2D eigenvalue weighted by Gasteiger charge is -2.53. The second kappa shape index (κ2) is 7.78. The number of phenolic OH excluding ortho intramolecular Hbond substituents is 1. The average molecular weight is 448 g/mol. The summed E-state index contributed by atoms with van der Waals surface area (Å²) in [6.45, 7) is 1.58. The number of phenols is 1. The molecule has 9 heteroatoms. The number of rotatable bonds is 5. The summed E-state index contributed by atoms with van der Waals surface area (Å²) in [5.41, 5.74) is 0.104. The third-order valence-electron chi connectivity index (χ3n) is 6.48. The van der Waals surface area contributed by atoms with Gasteiger partial charge in [-0.25, -0.2) is 4.98 Å². The molecule has 1 aromatic heterocycles. The number of hydrogen-bond acceptors (Lipinski definition) is 6. The normalized spacial score (nSPS) is 25.3. The van der Waals surface area contributed by atoms with E-state index in [1.165, 1.54) is 31.4 Å². The predicted molar refractivity (Wildman–Crippen MR) is 116 cm³/mol. The molecule has 7 nitrogen and oxygen atoms in total. The second-order valence-corrected chi connectivity index (χ2v) is 9.30. The zero-order valence-corrected chi connectivity index (χ0v) is 17.8. The molecular weight excluding hydrogens is 425 g/mol. The topological polar surface area (TPSA) is 90.4 Å². The van der Waals surface area contributed by atoms with E-state index in [2.05, 4.69) is 20.5 Å². The molecule has 2 saturated heterocycles. The van der Waals surface area contributed by atoms with Crippen LogP contribution >= 0.6 is 23.2 Å². The van der Waals surface area contributed by atoms with Crippen molar-refractivity contribution in [3.63, 3.8) is 0 Å². The maximum absolute atomic E-state index is 12.7. The molecule has 2 atom stereocenters. The van der Waals surface area contributed by atoms with Crippen molar-refractivity contribution in [2.45, 2.75) is 37.8 Å². The van der Waals surface area contributed by atoms with Gasteiger partial charge in [0.1, 0.15) is 11.6 Å². The van der Waals surface area contributed by atoms with Crippen LogP contribution in [0.25, 0.3) is 0 Å². The second-order valence-electron chi connectivity index (χ2n) is 8.46. The highest BCUT2D eigenvalue weighted by atomic mass is 35.5. The fourth-order valence-electron chi connectivity index (χ4n) is 4.60. The van der Waals surface area contributed by atoms with Crippen LogP contribution in [0.3, 0.4) is 0 Å². The monoisotopic (exact) mass is 447 g/mol. The number of nitrogens with zero attached hydrogens (tertiary/aromatic N) is 3. The van der Waals surface area contributed by atoms with Crippen molar-refractivity contribution in [1.29, 1.82) is 0 Å². The minimum atomic E-state index is -0.354. The fraction of sp³-hybridized carbons (Fsp3) is 0.476. The highest BCUT2D eigenvalue weighted by Gasteiger charge is 2.48. The van der Waals surface area contributed by atoms with Gasteiger partial charge in [-0.2, -0.15) is 4.98 Å². The maximum atomic E-state index is 12.7. The highest BCUT2D eigenvalue weighted by Crippen LogP contribution is 2.41. The van der Waals surface area contributed by atoms with Crippen LogP contribution in [0.2, 0.25) is 10.0 Å². The fourth-order valence-corrected chi connectivity index (χ4v) is 5.09. The molecule has 2 bridgehead atoms. The van der Waals surface area contributed by atoms with Crippen molar-refractivity contribution in [2.75, 3.05) is 23.3 Å². The third-order valence-corrected chi connectivity index (χ3v) is 6.99. The largest absolute Gasteiger partial charge is 0.506 e. The lowest BCUT2D eigenvalue weighted by Crippen LogP contribution is -2.64. The van der Waals surface area contributed by atoms with Crippen molar-refractivity contribution in [2.24, 2.45) is 11.8 Å². The molecule has 2 aromatic rings. The number of fused-ring (bicyclic) bond motifs is 2. The molecule has 158 valence electrons. The smallest absolute Gasteiger partial charge is 0.255 e. The number of aromatic hydroxyl groups is 1.